The van der Waals surface area contributed by atoms with Crippen molar-refractivity contribution in [2.45, 2.75) is 373 Å². The molecule has 0 unspecified atom stereocenters. The van der Waals surface area contributed by atoms with Gasteiger partial charge in [0, 0.05) is 0 Å². The van der Waals surface area contributed by atoms with Crippen molar-refractivity contribution >= 4 is 11.4 Å². The van der Waals surface area contributed by atoms with Gasteiger partial charge in [0.05, 0.1) is 5.57 Å². The van der Waals surface area contributed by atoms with E-state index in [0.717, 1.165) is 37.7 Å². The zero-order chi connectivity index (χ0) is 55.6. The van der Waals surface area contributed by atoms with Crippen LogP contribution in [0.2, 0.25) is 10.8 Å². The van der Waals surface area contributed by atoms with Crippen LogP contribution in [0.25, 0.3) is 11.1 Å². The van der Waals surface area contributed by atoms with Crippen LogP contribution in [0.15, 0.2) is 59.7 Å². The van der Waals surface area contributed by atoms with Crippen LogP contribution in [-0.2, 0) is 20.9 Å². The van der Waals surface area contributed by atoms with Gasteiger partial charge in [0.25, 0.3) is 0 Å². The molecule has 3 heteroatoms. The number of benzene rings is 2. The molecule has 0 N–H and O–H groups in total. The Bertz CT molecular complexity index is 1620. The average Bonchev–Trinajstić information content (AvgIpc) is 3.45. The van der Waals surface area contributed by atoms with Crippen molar-refractivity contribution in [1.82, 2.24) is 0 Å². The Morgan fingerprint density at radius 2 is 0.714 bits per heavy atom. The monoisotopic (exact) mass is 1100 g/mol. The van der Waals surface area contributed by atoms with Crippen molar-refractivity contribution in [3.8, 4) is 0 Å². The second-order valence-corrected chi connectivity index (χ2v) is 25.2. The van der Waals surface area contributed by atoms with Gasteiger partial charge in [0.1, 0.15) is 0 Å². The minimum Gasteiger partial charge on any atom is -0.0654 e. The van der Waals surface area contributed by atoms with E-state index in [4.69, 9.17) is 0 Å². The Balaban J connectivity index is 0.000000789. The molecule has 446 valence electrons. The molecule has 2 aromatic carbocycles. The van der Waals surface area contributed by atoms with E-state index in [9.17, 15) is 5.53 Å². The number of aryl methyl sites for hydroxylation is 2. The molecule has 0 aliphatic carbocycles. The third-order valence-corrected chi connectivity index (χ3v) is 17.6. The van der Waals surface area contributed by atoms with Crippen LogP contribution in [0.4, 0.5) is 0 Å². The van der Waals surface area contributed by atoms with Crippen LogP contribution in [-0.4, -0.2) is 10.7 Å². The van der Waals surface area contributed by atoms with Gasteiger partial charge in [-0.2, -0.15) is 0 Å². The zero-order valence-electron chi connectivity index (χ0n) is 52.6. The molecule has 0 heterocycles. The zero-order valence-corrected chi connectivity index (χ0v) is 53.6. The molecule has 0 amide bonds. The first kappa shape index (κ1) is 72.8. The summed E-state index contributed by atoms with van der Waals surface area (Å²) in [4.78, 5) is 3.40. The summed E-state index contributed by atoms with van der Waals surface area (Å²) in [7, 11) is 0. The van der Waals surface area contributed by atoms with E-state index in [2.05, 4.69) is 101 Å². The summed E-state index contributed by atoms with van der Waals surface area (Å²) < 4.78 is 0. The summed E-state index contributed by atoms with van der Waals surface area (Å²) in [6, 6.07) is 18.0. The van der Waals surface area contributed by atoms with E-state index in [-0.39, 0.29) is 0 Å². The third kappa shape index (κ3) is 45.2. The molecule has 2 rings (SSSR count). The van der Waals surface area contributed by atoms with E-state index in [1.165, 1.54) is 333 Å². The maximum absolute atomic E-state index is 9.52. The smallest absolute Gasteiger partial charge is 0.0654 e. The summed E-state index contributed by atoms with van der Waals surface area (Å²) >= 11 is 2.05. The summed E-state index contributed by atoms with van der Waals surface area (Å²) in [5.41, 5.74) is 18.3. The predicted octanol–water partition coefficient (Wildman–Crippen LogP) is 26.3. The maximum atomic E-state index is 9.52. The van der Waals surface area contributed by atoms with Gasteiger partial charge in [-0.05, 0) is 73.3 Å². The Hall–Kier alpha value is -2.17. The summed E-state index contributed by atoms with van der Waals surface area (Å²) in [5.74, 6) is 3.00. The van der Waals surface area contributed by atoms with Gasteiger partial charge < -0.3 is 5.53 Å². The van der Waals surface area contributed by atoms with Crippen molar-refractivity contribution in [3.05, 3.63) is 87.5 Å². The summed E-state index contributed by atoms with van der Waals surface area (Å²) in [6.07, 6.45) is 69.9. The van der Waals surface area contributed by atoms with Gasteiger partial charge in [-0.1, -0.05) is 230 Å². The molecule has 0 spiro atoms. The van der Waals surface area contributed by atoms with Gasteiger partial charge in [0.2, 0.25) is 0 Å². The van der Waals surface area contributed by atoms with E-state index < -0.39 is 0 Å². The molecular formula is C74H130N2Ni. The molecular weight excluding hydrogens is 976 g/mol. The number of hydrogen-bond donors (Lipinski definition) is 0. The second kappa shape index (κ2) is 58.5. The van der Waals surface area contributed by atoms with Gasteiger partial charge in [0.15, 0.2) is 0 Å². The molecule has 0 bridgehead atoms. The average molecular weight is 1110 g/mol. The van der Waals surface area contributed by atoms with Crippen LogP contribution >= 0.6 is 0 Å². The molecule has 0 aliphatic heterocycles. The Kier molecular flexibility index (Phi) is 55.3. The topological polar surface area (TPSA) is 36.4 Å². The van der Waals surface area contributed by atoms with Crippen molar-refractivity contribution in [2.75, 3.05) is 0 Å². The van der Waals surface area contributed by atoms with E-state index in [1.54, 1.807) is 0 Å². The molecule has 0 saturated carbocycles. The van der Waals surface area contributed by atoms with Crippen LogP contribution in [0.1, 0.15) is 371 Å². The van der Waals surface area contributed by atoms with Crippen LogP contribution in [0, 0.1) is 6.92 Å². The first-order valence-electron chi connectivity index (χ1n) is 34.4. The van der Waals surface area contributed by atoms with Crippen molar-refractivity contribution in [1.29, 1.82) is 0 Å². The fraction of sp³-hybridized carbons (Fsp3) is 0.784. The SMILES string of the molecule is CCCCCCC(C(=C=[N+]=[N-])CCCCC)=C(c1ccc(C)cc1)c1cccc(CCCC)c1.CCCCCCCCCCCCCCCCCCCC[CH2][Ni][CH2]CCCCCCCCCCCCCCCCCCCC. The van der Waals surface area contributed by atoms with Crippen molar-refractivity contribution in [2.24, 2.45) is 0 Å². The molecule has 0 atom stereocenters. The van der Waals surface area contributed by atoms with Crippen LogP contribution in [0.5, 0.6) is 0 Å². The molecule has 0 fully saturated rings. The van der Waals surface area contributed by atoms with E-state index in [0.29, 0.717) is 0 Å². The molecule has 2 nitrogen and oxygen atoms in total. The number of nitrogens with zero attached hydrogens (tertiary/aromatic N) is 2. The Labute approximate surface area is 488 Å². The third-order valence-electron chi connectivity index (χ3n) is 16.2. The number of allylic oxidation sites excluding steroid dienone is 2. The van der Waals surface area contributed by atoms with Crippen LogP contribution < -0.4 is 0 Å². The minimum atomic E-state index is 0.895. The van der Waals surface area contributed by atoms with Gasteiger partial charge >= 0.3 is 172 Å². The molecule has 0 aliphatic rings. The second-order valence-electron chi connectivity index (χ2n) is 23.7. The minimum absolute atomic E-state index is 0.895. The van der Waals surface area contributed by atoms with Gasteiger partial charge in [-0.25, -0.2) is 0 Å². The Morgan fingerprint density at radius 1 is 0.377 bits per heavy atom. The summed E-state index contributed by atoms with van der Waals surface area (Å²) in [5, 5.41) is 2.87. The molecule has 0 radical (unpaired) electrons. The predicted molar refractivity (Wildman–Crippen MR) is 344 cm³/mol. The Morgan fingerprint density at radius 3 is 1.09 bits per heavy atom. The number of hydrogen-bond acceptors (Lipinski definition) is 0. The van der Waals surface area contributed by atoms with Gasteiger partial charge in [-0.3, -0.25) is 0 Å². The van der Waals surface area contributed by atoms with E-state index >= 15 is 0 Å². The normalized spacial score (nSPS) is 11.6. The van der Waals surface area contributed by atoms with Gasteiger partial charge in [-0.15, -0.1) is 4.79 Å². The fourth-order valence-electron chi connectivity index (χ4n) is 11.1. The van der Waals surface area contributed by atoms with Crippen molar-refractivity contribution < 1.29 is 19.2 Å². The standard InChI is InChI=1S/C32H44N2.2C21H43.Ni/c1-5-8-11-13-19-31(30(25-34-33)17-12-9-6-2)32(28-22-20-26(4)21-23-28)29-18-14-16-27(24-29)15-10-7-3;2*1-3-5-7-9-11-13-15-17-19-21-20-18-16-14-12-10-8-6-4-2;/h14,16,18,20-24H,5-13,15,17,19H2,1-4H3;2*1,3-21H2,2H3;. The molecule has 0 saturated heterocycles. The number of unbranched alkanes of at least 4 members (excludes halogenated alkanes) is 42. The quantitative estimate of drug-likeness (QED) is 0.0158. The molecule has 2 aromatic rings. The molecule has 0 aromatic heterocycles. The fourth-order valence-corrected chi connectivity index (χ4v) is 12.3. The number of rotatable bonds is 55. The first-order chi connectivity index (χ1) is 38.1. The van der Waals surface area contributed by atoms with E-state index in [1.807, 2.05) is 14.4 Å². The summed E-state index contributed by atoms with van der Waals surface area (Å²) in [6.45, 7) is 13.5. The van der Waals surface area contributed by atoms with Crippen LogP contribution in [0.3, 0.4) is 0 Å². The molecule has 77 heavy (non-hydrogen) atoms. The first-order valence-corrected chi connectivity index (χ1v) is 35.8. The van der Waals surface area contributed by atoms with Crippen molar-refractivity contribution in [3.63, 3.8) is 0 Å².